The van der Waals surface area contributed by atoms with E-state index >= 15 is 0 Å². The van der Waals surface area contributed by atoms with Gasteiger partial charge in [-0.05, 0) is 29.6 Å². The van der Waals surface area contributed by atoms with Crippen molar-refractivity contribution in [2.45, 2.75) is 6.54 Å². The van der Waals surface area contributed by atoms with Crippen molar-refractivity contribution >= 4 is 27.2 Å². The molecular formula is C14H9FN4OS. The van der Waals surface area contributed by atoms with Crippen molar-refractivity contribution in [2.24, 2.45) is 0 Å². The highest BCUT2D eigenvalue weighted by molar-refractivity contribution is 7.17. The summed E-state index contributed by atoms with van der Waals surface area (Å²) in [5, 5.41) is 13.6. The van der Waals surface area contributed by atoms with Crippen LogP contribution in [-0.2, 0) is 6.54 Å². The largest absolute Gasteiger partial charge is 0.378 e. The second kappa shape index (κ2) is 5.34. The molecule has 0 radical (unpaired) electrons. The first kappa shape index (κ1) is 13.3. The van der Waals surface area contributed by atoms with Gasteiger partial charge in [0.25, 0.3) is 5.56 Å². The van der Waals surface area contributed by atoms with Crippen LogP contribution in [-0.4, -0.2) is 9.97 Å². The van der Waals surface area contributed by atoms with Crippen molar-refractivity contribution in [1.29, 1.82) is 5.26 Å². The maximum absolute atomic E-state index is 13.2. The molecule has 2 aromatic heterocycles. The average Bonchev–Trinajstić information content (AvgIpc) is 2.95. The molecule has 0 aliphatic carbocycles. The number of thiophene rings is 1. The number of aromatic nitrogens is 2. The lowest BCUT2D eigenvalue weighted by molar-refractivity contribution is 0.624. The van der Waals surface area contributed by atoms with Crippen molar-refractivity contribution in [3.8, 4) is 6.07 Å². The van der Waals surface area contributed by atoms with E-state index in [-0.39, 0.29) is 17.7 Å². The van der Waals surface area contributed by atoms with Gasteiger partial charge in [0.05, 0.1) is 17.6 Å². The first-order chi connectivity index (χ1) is 10.2. The van der Waals surface area contributed by atoms with E-state index in [4.69, 9.17) is 5.26 Å². The highest BCUT2D eigenvalue weighted by Crippen LogP contribution is 2.16. The lowest BCUT2D eigenvalue weighted by Crippen LogP contribution is -2.13. The van der Waals surface area contributed by atoms with Crippen LogP contribution >= 0.6 is 11.3 Å². The van der Waals surface area contributed by atoms with E-state index in [0.717, 1.165) is 0 Å². The van der Waals surface area contributed by atoms with E-state index in [1.54, 1.807) is 12.1 Å². The highest BCUT2D eigenvalue weighted by Gasteiger charge is 2.06. The number of fused-ring (bicyclic) bond motifs is 1. The molecule has 5 nitrogen and oxygen atoms in total. The molecule has 0 amide bonds. The van der Waals surface area contributed by atoms with Crippen LogP contribution in [0.4, 0.5) is 10.1 Å². The van der Waals surface area contributed by atoms with Gasteiger partial charge in [-0.1, -0.05) is 0 Å². The molecular weight excluding hydrogens is 291 g/mol. The van der Waals surface area contributed by atoms with Gasteiger partial charge in [-0.2, -0.15) is 5.26 Å². The third kappa shape index (κ3) is 2.61. The molecule has 3 aromatic rings. The Morgan fingerprint density at radius 3 is 3.10 bits per heavy atom. The number of anilines is 1. The molecule has 1 aromatic carbocycles. The van der Waals surface area contributed by atoms with Gasteiger partial charge < -0.3 is 10.3 Å². The Hall–Kier alpha value is -2.72. The second-order valence-corrected chi connectivity index (χ2v) is 5.22. The Labute approximate surface area is 122 Å². The van der Waals surface area contributed by atoms with Crippen molar-refractivity contribution in [2.75, 3.05) is 5.32 Å². The summed E-state index contributed by atoms with van der Waals surface area (Å²) in [5.41, 5.74) is 1.02. The zero-order chi connectivity index (χ0) is 14.8. The monoisotopic (exact) mass is 300 g/mol. The molecule has 0 atom stereocenters. The average molecular weight is 300 g/mol. The van der Waals surface area contributed by atoms with Gasteiger partial charge in [-0.25, -0.2) is 9.37 Å². The SMILES string of the molecule is N#Cc1cc(NCc2nc3ccsc3c(=O)[nH]2)ccc1F. The molecule has 0 saturated heterocycles. The standard InChI is InChI=1S/C14H9FN4OS/c15-10-2-1-9(5-8(10)6-16)17-7-12-18-11-3-4-21-13(11)14(20)19-12/h1-5,17H,7H2,(H,18,19,20). The minimum absolute atomic E-state index is 0.0326. The minimum Gasteiger partial charge on any atom is -0.378 e. The van der Waals surface area contributed by atoms with Crippen molar-refractivity contribution in [3.63, 3.8) is 0 Å². The molecule has 0 aliphatic rings. The third-order valence-electron chi connectivity index (χ3n) is 2.91. The summed E-state index contributed by atoms with van der Waals surface area (Å²) >= 11 is 1.34. The number of hydrogen-bond acceptors (Lipinski definition) is 5. The van der Waals surface area contributed by atoms with Crippen molar-refractivity contribution in [3.05, 3.63) is 57.2 Å². The fraction of sp³-hybridized carbons (Fsp3) is 0.0714. The van der Waals surface area contributed by atoms with Crippen molar-refractivity contribution in [1.82, 2.24) is 9.97 Å². The van der Waals surface area contributed by atoms with Gasteiger partial charge in [0.2, 0.25) is 0 Å². The fourth-order valence-corrected chi connectivity index (χ4v) is 2.64. The van der Waals surface area contributed by atoms with E-state index in [2.05, 4.69) is 15.3 Å². The Bertz CT molecular complexity index is 909. The van der Waals surface area contributed by atoms with Crippen LogP contribution in [0.2, 0.25) is 0 Å². The summed E-state index contributed by atoms with van der Waals surface area (Å²) < 4.78 is 13.8. The number of H-pyrrole nitrogens is 1. The number of nitriles is 1. The zero-order valence-electron chi connectivity index (χ0n) is 10.7. The van der Waals surface area contributed by atoms with E-state index in [0.29, 0.717) is 21.7 Å². The first-order valence-corrected chi connectivity index (χ1v) is 6.95. The van der Waals surface area contributed by atoms with Crippen LogP contribution in [0.15, 0.2) is 34.4 Å². The van der Waals surface area contributed by atoms with Crippen LogP contribution in [0.25, 0.3) is 10.2 Å². The normalized spacial score (nSPS) is 10.5. The fourth-order valence-electron chi connectivity index (χ4n) is 1.91. The molecule has 0 aliphatic heterocycles. The van der Waals surface area contributed by atoms with E-state index in [1.165, 1.54) is 29.5 Å². The first-order valence-electron chi connectivity index (χ1n) is 6.07. The molecule has 0 unspecified atom stereocenters. The number of halogens is 1. The molecule has 0 fully saturated rings. The summed E-state index contributed by atoms with van der Waals surface area (Å²) in [6.45, 7) is 0.275. The third-order valence-corrected chi connectivity index (χ3v) is 3.81. The van der Waals surface area contributed by atoms with Gasteiger partial charge in [0.15, 0.2) is 0 Å². The smallest absolute Gasteiger partial charge is 0.268 e. The lowest BCUT2D eigenvalue weighted by Gasteiger charge is -2.06. The molecule has 7 heteroatoms. The van der Waals surface area contributed by atoms with Gasteiger partial charge in [0.1, 0.15) is 22.4 Å². The van der Waals surface area contributed by atoms with Gasteiger partial charge in [-0.3, -0.25) is 4.79 Å². The molecule has 2 heterocycles. The predicted octanol–water partition coefficient (Wildman–Crippen LogP) is 2.61. The summed E-state index contributed by atoms with van der Waals surface area (Å²) in [7, 11) is 0. The van der Waals surface area contributed by atoms with Crippen LogP contribution in [0.5, 0.6) is 0 Å². The maximum atomic E-state index is 13.2. The summed E-state index contributed by atoms with van der Waals surface area (Å²) in [5.74, 6) is -0.0805. The van der Waals surface area contributed by atoms with Crippen molar-refractivity contribution < 1.29 is 4.39 Å². The van der Waals surface area contributed by atoms with E-state index in [1.807, 2.05) is 5.38 Å². The highest BCUT2D eigenvalue weighted by atomic mass is 32.1. The van der Waals surface area contributed by atoms with E-state index < -0.39 is 5.82 Å². The number of benzene rings is 1. The minimum atomic E-state index is -0.561. The van der Waals surface area contributed by atoms with Crippen LogP contribution < -0.4 is 10.9 Å². The summed E-state index contributed by atoms with van der Waals surface area (Å²) in [6.07, 6.45) is 0. The number of rotatable bonds is 3. The maximum Gasteiger partial charge on any atom is 0.268 e. The van der Waals surface area contributed by atoms with Gasteiger partial charge >= 0.3 is 0 Å². The quantitative estimate of drug-likeness (QED) is 0.779. The summed E-state index contributed by atoms with van der Waals surface area (Å²) in [4.78, 5) is 18.8. The molecule has 21 heavy (non-hydrogen) atoms. The summed E-state index contributed by atoms with van der Waals surface area (Å²) in [6, 6.07) is 7.72. The lowest BCUT2D eigenvalue weighted by atomic mass is 10.2. The Kier molecular flexibility index (Phi) is 3.38. The number of nitrogens with zero attached hydrogens (tertiary/aromatic N) is 2. The van der Waals surface area contributed by atoms with Crippen LogP contribution in [0.3, 0.4) is 0 Å². The zero-order valence-corrected chi connectivity index (χ0v) is 11.5. The number of hydrogen-bond donors (Lipinski definition) is 2. The number of aromatic amines is 1. The topological polar surface area (TPSA) is 81.6 Å². The van der Waals surface area contributed by atoms with E-state index in [9.17, 15) is 9.18 Å². The Balaban J connectivity index is 1.83. The molecule has 0 bridgehead atoms. The van der Waals surface area contributed by atoms with Gasteiger partial charge in [-0.15, -0.1) is 11.3 Å². The molecule has 104 valence electrons. The second-order valence-electron chi connectivity index (χ2n) is 4.31. The Morgan fingerprint density at radius 2 is 2.29 bits per heavy atom. The molecule has 3 rings (SSSR count). The van der Waals surface area contributed by atoms with Gasteiger partial charge in [0, 0.05) is 5.69 Å². The molecule has 0 spiro atoms. The Morgan fingerprint density at radius 1 is 1.43 bits per heavy atom. The molecule has 0 saturated carbocycles. The van der Waals surface area contributed by atoms with Crippen LogP contribution in [0, 0.1) is 17.1 Å². The van der Waals surface area contributed by atoms with Crippen LogP contribution in [0.1, 0.15) is 11.4 Å². The number of nitrogens with one attached hydrogen (secondary N) is 2. The molecule has 2 N–H and O–H groups in total. The predicted molar refractivity (Wildman–Crippen MR) is 78.7 cm³/mol.